The van der Waals surface area contributed by atoms with Gasteiger partial charge in [-0.1, -0.05) is 12.8 Å². The third kappa shape index (κ3) is 2.91. The van der Waals surface area contributed by atoms with Crippen molar-refractivity contribution >= 4 is 5.91 Å². The molecule has 3 N–H and O–H groups in total. The van der Waals surface area contributed by atoms with Crippen molar-refractivity contribution in [1.29, 1.82) is 0 Å². The van der Waals surface area contributed by atoms with E-state index in [4.69, 9.17) is 0 Å². The Morgan fingerprint density at radius 3 is 2.82 bits per heavy atom. The number of aromatic amines is 1. The number of carbonyl (C=O) groups excluding carboxylic acids is 1. The maximum Gasteiger partial charge on any atom is 0.271 e. The van der Waals surface area contributed by atoms with Crippen LogP contribution in [0.15, 0.2) is 17.2 Å². The summed E-state index contributed by atoms with van der Waals surface area (Å²) in [7, 11) is 0. The molecule has 0 unspecified atom stereocenters. The summed E-state index contributed by atoms with van der Waals surface area (Å²) in [6.45, 7) is 0.229. The minimum Gasteiger partial charge on any atom is -0.388 e. The fourth-order valence-corrected chi connectivity index (χ4v) is 2.01. The van der Waals surface area contributed by atoms with Gasteiger partial charge in [-0.2, -0.15) is 0 Å². The van der Waals surface area contributed by atoms with Crippen LogP contribution in [0.3, 0.4) is 0 Å². The van der Waals surface area contributed by atoms with Gasteiger partial charge in [-0.3, -0.25) is 9.59 Å². The van der Waals surface area contributed by atoms with E-state index < -0.39 is 5.60 Å². The average molecular weight is 237 g/mol. The number of hydrogen-bond donors (Lipinski definition) is 3. The van der Waals surface area contributed by atoms with Gasteiger partial charge >= 0.3 is 0 Å². The standard InChI is InChI=1S/C11H15N3O3/c15-9-6-12-8(5-13-9)10(16)14-7-11(17)3-1-2-4-11/h5-6,17H,1-4,7H2,(H,13,15)(H,14,16). The lowest BCUT2D eigenvalue weighted by atomic mass is 10.0. The zero-order chi connectivity index (χ0) is 12.3. The zero-order valence-corrected chi connectivity index (χ0v) is 9.40. The molecule has 0 atom stereocenters. The van der Waals surface area contributed by atoms with E-state index in [0.717, 1.165) is 19.0 Å². The van der Waals surface area contributed by atoms with Crippen LogP contribution in [0.5, 0.6) is 0 Å². The Kier molecular flexibility index (Phi) is 3.23. The second kappa shape index (κ2) is 4.67. The first-order chi connectivity index (χ1) is 8.09. The van der Waals surface area contributed by atoms with Crippen molar-refractivity contribution < 1.29 is 9.90 Å². The highest BCUT2D eigenvalue weighted by Gasteiger charge is 2.31. The first kappa shape index (κ1) is 11.8. The van der Waals surface area contributed by atoms with Crippen LogP contribution in [-0.4, -0.2) is 33.1 Å². The fraction of sp³-hybridized carbons (Fsp3) is 0.545. The SMILES string of the molecule is O=C(NCC1(O)CCCC1)c1c[nH]c(=O)cn1. The van der Waals surface area contributed by atoms with Gasteiger partial charge in [0, 0.05) is 12.7 Å². The van der Waals surface area contributed by atoms with E-state index in [1.54, 1.807) is 0 Å². The topological polar surface area (TPSA) is 95.1 Å². The Bertz CT molecular complexity index is 443. The van der Waals surface area contributed by atoms with Crippen molar-refractivity contribution in [2.75, 3.05) is 6.54 Å². The maximum atomic E-state index is 11.6. The maximum absolute atomic E-state index is 11.6. The van der Waals surface area contributed by atoms with Gasteiger partial charge in [-0.25, -0.2) is 4.98 Å². The molecule has 1 heterocycles. The Labute approximate surface area is 98.1 Å². The Hall–Kier alpha value is -1.69. The van der Waals surface area contributed by atoms with Crippen molar-refractivity contribution in [3.8, 4) is 0 Å². The Balaban J connectivity index is 1.93. The van der Waals surface area contributed by atoms with Crippen LogP contribution in [0.25, 0.3) is 0 Å². The summed E-state index contributed by atoms with van der Waals surface area (Å²) in [5, 5.41) is 12.7. The fourth-order valence-electron chi connectivity index (χ4n) is 2.01. The minimum atomic E-state index is -0.780. The molecule has 0 spiro atoms. The third-order valence-corrected chi connectivity index (χ3v) is 3.02. The molecule has 1 fully saturated rings. The predicted octanol–water partition coefficient (Wildman–Crippen LogP) is -0.195. The number of nitrogens with zero attached hydrogens (tertiary/aromatic N) is 1. The number of nitrogens with one attached hydrogen (secondary N) is 2. The van der Waals surface area contributed by atoms with Gasteiger partial charge in [-0.05, 0) is 12.8 Å². The van der Waals surface area contributed by atoms with Gasteiger partial charge < -0.3 is 15.4 Å². The molecule has 1 aliphatic rings. The highest BCUT2D eigenvalue weighted by atomic mass is 16.3. The predicted molar refractivity (Wildman–Crippen MR) is 60.6 cm³/mol. The van der Waals surface area contributed by atoms with Gasteiger partial charge in [0.1, 0.15) is 5.69 Å². The van der Waals surface area contributed by atoms with Crippen molar-refractivity contribution in [2.24, 2.45) is 0 Å². The first-order valence-corrected chi connectivity index (χ1v) is 5.64. The Morgan fingerprint density at radius 1 is 1.53 bits per heavy atom. The molecule has 1 aromatic rings. The molecule has 6 nitrogen and oxygen atoms in total. The van der Waals surface area contributed by atoms with E-state index >= 15 is 0 Å². The summed E-state index contributed by atoms with van der Waals surface area (Å²) >= 11 is 0. The quantitative estimate of drug-likeness (QED) is 0.678. The summed E-state index contributed by atoms with van der Waals surface area (Å²) in [6.07, 6.45) is 5.72. The van der Waals surface area contributed by atoms with Crippen LogP contribution < -0.4 is 10.9 Å². The van der Waals surface area contributed by atoms with Crippen molar-refractivity contribution in [3.63, 3.8) is 0 Å². The lowest BCUT2D eigenvalue weighted by Gasteiger charge is -2.22. The number of aromatic nitrogens is 2. The molecule has 6 heteroatoms. The number of amides is 1. The highest BCUT2D eigenvalue weighted by molar-refractivity contribution is 5.91. The minimum absolute atomic E-state index is 0.145. The molecule has 0 aliphatic heterocycles. The van der Waals surface area contributed by atoms with Gasteiger partial charge in [-0.15, -0.1) is 0 Å². The molecule has 92 valence electrons. The van der Waals surface area contributed by atoms with Crippen LogP contribution in [0, 0.1) is 0 Å². The molecule has 2 rings (SSSR count). The van der Waals surface area contributed by atoms with Gasteiger partial charge in [0.25, 0.3) is 11.5 Å². The van der Waals surface area contributed by atoms with Gasteiger partial charge in [0.15, 0.2) is 0 Å². The Morgan fingerprint density at radius 2 is 2.24 bits per heavy atom. The van der Waals surface area contributed by atoms with E-state index in [-0.39, 0.29) is 23.7 Å². The second-order valence-corrected chi connectivity index (χ2v) is 4.41. The molecule has 0 saturated heterocycles. The smallest absolute Gasteiger partial charge is 0.271 e. The van der Waals surface area contributed by atoms with Gasteiger partial charge in [0.2, 0.25) is 0 Å². The molecule has 1 aromatic heterocycles. The van der Waals surface area contributed by atoms with Crippen LogP contribution >= 0.6 is 0 Å². The summed E-state index contributed by atoms with van der Waals surface area (Å²) < 4.78 is 0. The monoisotopic (exact) mass is 237 g/mol. The lowest BCUT2D eigenvalue weighted by Crippen LogP contribution is -2.41. The summed E-state index contributed by atoms with van der Waals surface area (Å²) in [5.74, 6) is -0.387. The van der Waals surface area contributed by atoms with E-state index in [9.17, 15) is 14.7 Å². The molecule has 1 saturated carbocycles. The average Bonchev–Trinajstić information content (AvgIpc) is 2.75. The molecule has 0 bridgehead atoms. The number of aliphatic hydroxyl groups is 1. The zero-order valence-electron chi connectivity index (χ0n) is 9.40. The van der Waals surface area contributed by atoms with Crippen LogP contribution in [0.4, 0.5) is 0 Å². The second-order valence-electron chi connectivity index (χ2n) is 4.41. The number of rotatable bonds is 3. The van der Waals surface area contributed by atoms with Crippen LogP contribution in [0.1, 0.15) is 36.2 Å². The molecular weight excluding hydrogens is 222 g/mol. The van der Waals surface area contributed by atoms with Crippen molar-refractivity contribution in [2.45, 2.75) is 31.3 Å². The third-order valence-electron chi connectivity index (χ3n) is 3.02. The first-order valence-electron chi connectivity index (χ1n) is 5.64. The molecule has 1 amide bonds. The summed E-state index contributed by atoms with van der Waals surface area (Å²) in [6, 6.07) is 0. The molecule has 0 aromatic carbocycles. The number of hydrogen-bond acceptors (Lipinski definition) is 4. The largest absolute Gasteiger partial charge is 0.388 e. The normalized spacial score (nSPS) is 17.9. The summed E-state index contributed by atoms with van der Waals surface area (Å²) in [4.78, 5) is 28.5. The van der Waals surface area contributed by atoms with Crippen molar-refractivity contribution in [3.05, 3.63) is 28.4 Å². The lowest BCUT2D eigenvalue weighted by molar-refractivity contribution is 0.0448. The summed E-state index contributed by atoms with van der Waals surface area (Å²) in [5.41, 5.74) is -0.986. The van der Waals surface area contributed by atoms with E-state index in [1.165, 1.54) is 6.20 Å². The van der Waals surface area contributed by atoms with E-state index in [1.807, 2.05) is 0 Å². The van der Waals surface area contributed by atoms with Crippen LogP contribution in [-0.2, 0) is 0 Å². The van der Waals surface area contributed by atoms with E-state index in [2.05, 4.69) is 15.3 Å². The molecule has 17 heavy (non-hydrogen) atoms. The molecular formula is C11H15N3O3. The molecule has 1 aliphatic carbocycles. The van der Waals surface area contributed by atoms with E-state index in [0.29, 0.717) is 12.8 Å². The van der Waals surface area contributed by atoms with Crippen LogP contribution in [0.2, 0.25) is 0 Å². The van der Waals surface area contributed by atoms with Gasteiger partial charge in [0.05, 0.1) is 11.8 Å². The highest BCUT2D eigenvalue weighted by Crippen LogP contribution is 2.28. The number of H-pyrrole nitrogens is 1. The van der Waals surface area contributed by atoms with Crippen molar-refractivity contribution in [1.82, 2.24) is 15.3 Å². The molecule has 0 radical (unpaired) electrons. The number of carbonyl (C=O) groups is 1.